The number of nitrogens with zero attached hydrogens (tertiary/aromatic N) is 1. The molecule has 3 nitrogen and oxygen atoms in total. The number of pyridine rings is 1. The molecule has 1 heterocycles. The summed E-state index contributed by atoms with van der Waals surface area (Å²) < 4.78 is 0. The normalized spacial score (nSPS) is 31.2. The average molecular weight is 304 g/mol. The summed E-state index contributed by atoms with van der Waals surface area (Å²) in [6.07, 6.45) is 9.84. The van der Waals surface area contributed by atoms with Crippen molar-refractivity contribution in [1.82, 2.24) is 4.98 Å². The molecule has 0 radical (unpaired) electrons. The fourth-order valence-electron chi connectivity index (χ4n) is 5.18. The van der Waals surface area contributed by atoms with Crippen molar-refractivity contribution in [2.75, 3.05) is 5.32 Å². The molecule has 116 valence electrons. The van der Waals surface area contributed by atoms with Gasteiger partial charge in [0, 0.05) is 17.3 Å². The van der Waals surface area contributed by atoms with Crippen LogP contribution in [-0.2, 0) is 4.79 Å². The molecule has 0 saturated heterocycles. The maximum Gasteiger partial charge on any atom is 0.230 e. The summed E-state index contributed by atoms with van der Waals surface area (Å²) in [5.74, 6) is 1.59. The van der Waals surface area contributed by atoms with Crippen LogP contribution in [0.3, 0.4) is 0 Å². The number of carbonyl (C=O) groups is 1. The van der Waals surface area contributed by atoms with Crippen molar-refractivity contribution < 1.29 is 4.79 Å². The van der Waals surface area contributed by atoms with Gasteiger partial charge in [0.2, 0.25) is 5.91 Å². The van der Waals surface area contributed by atoms with Gasteiger partial charge in [-0.05, 0) is 68.2 Å². The van der Waals surface area contributed by atoms with Crippen LogP contribution in [0.5, 0.6) is 0 Å². The van der Waals surface area contributed by atoms with Gasteiger partial charge in [-0.3, -0.25) is 9.78 Å². The summed E-state index contributed by atoms with van der Waals surface area (Å²) in [4.78, 5) is 17.4. The summed E-state index contributed by atoms with van der Waals surface area (Å²) in [7, 11) is 0. The van der Waals surface area contributed by atoms with Gasteiger partial charge in [0.1, 0.15) is 0 Å². The van der Waals surface area contributed by atoms with Crippen LogP contribution in [0.2, 0.25) is 0 Å². The molecular weight excluding hydrogens is 284 g/mol. The number of rotatable bonds is 2. The second-order valence-corrected chi connectivity index (χ2v) is 7.62. The molecule has 2 fully saturated rings. The lowest BCUT2D eigenvalue weighted by Gasteiger charge is -2.51. The van der Waals surface area contributed by atoms with Crippen LogP contribution in [0.4, 0.5) is 5.69 Å². The largest absolute Gasteiger partial charge is 0.326 e. The molecule has 1 aromatic heterocycles. The lowest BCUT2D eigenvalue weighted by atomic mass is 9.53. The SMILES string of the molecule is O=C(Nc1ccc2ncccc2c1)C12CC3=CC(CC(C3)C1)C2. The number of carbonyl (C=O) groups excluding carboxylic acids is 1. The number of benzene rings is 1. The Labute approximate surface area is 135 Å². The number of aromatic nitrogens is 1. The highest BCUT2D eigenvalue weighted by atomic mass is 16.2. The molecule has 23 heavy (non-hydrogen) atoms. The first kappa shape index (κ1) is 13.3. The minimum Gasteiger partial charge on any atom is -0.326 e. The van der Waals surface area contributed by atoms with E-state index in [1.165, 1.54) is 18.4 Å². The molecule has 4 aliphatic rings. The summed E-state index contributed by atoms with van der Waals surface area (Å²) in [5.41, 5.74) is 3.23. The van der Waals surface area contributed by atoms with Gasteiger partial charge in [-0.1, -0.05) is 17.7 Å². The van der Waals surface area contributed by atoms with E-state index in [1.807, 2.05) is 30.3 Å². The fraction of sp³-hybridized carbons (Fsp3) is 0.400. The predicted molar refractivity (Wildman–Crippen MR) is 91.0 cm³/mol. The minimum atomic E-state index is -0.153. The second-order valence-electron chi connectivity index (χ2n) is 7.62. The first-order valence-electron chi connectivity index (χ1n) is 8.56. The van der Waals surface area contributed by atoms with Gasteiger partial charge in [-0.15, -0.1) is 0 Å². The minimum absolute atomic E-state index is 0.153. The Balaban J connectivity index is 1.43. The smallest absolute Gasteiger partial charge is 0.230 e. The monoisotopic (exact) mass is 304 g/mol. The van der Waals surface area contributed by atoms with Crippen LogP contribution in [0.1, 0.15) is 32.1 Å². The molecule has 1 amide bonds. The van der Waals surface area contributed by atoms with Crippen LogP contribution in [0.15, 0.2) is 48.2 Å². The van der Waals surface area contributed by atoms with E-state index in [0.29, 0.717) is 5.92 Å². The van der Waals surface area contributed by atoms with Gasteiger partial charge >= 0.3 is 0 Å². The summed E-state index contributed by atoms with van der Waals surface area (Å²) in [5, 5.41) is 4.27. The van der Waals surface area contributed by atoms with E-state index in [1.54, 1.807) is 6.20 Å². The molecule has 6 rings (SSSR count). The standard InChI is InChI=1S/C20H20N2O/c23-19(20-10-13-6-14(11-20)8-15(7-13)12-20)22-17-3-4-18-16(9-17)2-1-5-21-18/h1-6,9,13,15H,7-8,10-12H2,(H,22,23). The van der Waals surface area contributed by atoms with Crippen molar-refractivity contribution >= 4 is 22.5 Å². The van der Waals surface area contributed by atoms with Crippen LogP contribution in [0, 0.1) is 17.3 Å². The molecule has 1 aromatic carbocycles. The third kappa shape index (κ3) is 2.10. The van der Waals surface area contributed by atoms with Crippen molar-refractivity contribution in [3.05, 3.63) is 48.2 Å². The van der Waals surface area contributed by atoms with Crippen molar-refractivity contribution in [3.63, 3.8) is 0 Å². The van der Waals surface area contributed by atoms with E-state index in [9.17, 15) is 4.79 Å². The van der Waals surface area contributed by atoms with Gasteiger partial charge in [-0.2, -0.15) is 0 Å². The summed E-state index contributed by atoms with van der Waals surface area (Å²) >= 11 is 0. The van der Waals surface area contributed by atoms with E-state index in [2.05, 4.69) is 16.4 Å². The Kier molecular flexibility index (Phi) is 2.70. The Morgan fingerprint density at radius 3 is 3.09 bits per heavy atom. The maximum atomic E-state index is 13.0. The summed E-state index contributed by atoms with van der Waals surface area (Å²) in [6, 6.07) is 9.94. The number of anilines is 1. The topological polar surface area (TPSA) is 42.0 Å². The zero-order valence-electron chi connectivity index (χ0n) is 13.1. The molecule has 2 aromatic rings. The van der Waals surface area contributed by atoms with Crippen LogP contribution in [-0.4, -0.2) is 10.9 Å². The molecule has 2 saturated carbocycles. The van der Waals surface area contributed by atoms with Crippen molar-refractivity contribution in [2.45, 2.75) is 32.1 Å². The van der Waals surface area contributed by atoms with Gasteiger partial charge in [0.05, 0.1) is 10.9 Å². The van der Waals surface area contributed by atoms with Gasteiger partial charge < -0.3 is 5.32 Å². The highest BCUT2D eigenvalue weighted by Crippen LogP contribution is 2.57. The van der Waals surface area contributed by atoms with Gasteiger partial charge in [0.15, 0.2) is 0 Å². The molecule has 3 unspecified atom stereocenters. The van der Waals surface area contributed by atoms with E-state index in [-0.39, 0.29) is 11.3 Å². The predicted octanol–water partition coefficient (Wildman–Crippen LogP) is 4.31. The number of amides is 1. The molecule has 3 atom stereocenters. The lowest BCUT2D eigenvalue weighted by Crippen LogP contribution is -2.48. The van der Waals surface area contributed by atoms with E-state index >= 15 is 0 Å². The number of nitrogens with one attached hydrogen (secondary N) is 1. The highest BCUT2D eigenvalue weighted by Gasteiger charge is 2.51. The molecule has 4 bridgehead atoms. The van der Waals surface area contributed by atoms with Crippen LogP contribution in [0.25, 0.3) is 10.9 Å². The Morgan fingerprint density at radius 1 is 1.26 bits per heavy atom. The molecular formula is C20H20N2O. The Hall–Kier alpha value is -2.16. The van der Waals surface area contributed by atoms with Crippen LogP contribution < -0.4 is 5.32 Å². The number of fused-ring (bicyclic) bond motifs is 1. The third-order valence-electron chi connectivity index (χ3n) is 5.90. The molecule has 0 aliphatic heterocycles. The molecule has 4 aliphatic carbocycles. The quantitative estimate of drug-likeness (QED) is 0.840. The molecule has 1 N–H and O–H groups in total. The van der Waals surface area contributed by atoms with E-state index < -0.39 is 0 Å². The van der Waals surface area contributed by atoms with Gasteiger partial charge in [0.25, 0.3) is 0 Å². The maximum absolute atomic E-state index is 13.0. The van der Waals surface area contributed by atoms with E-state index in [4.69, 9.17) is 0 Å². The first-order valence-corrected chi connectivity index (χ1v) is 8.56. The Bertz CT molecular complexity index is 840. The molecule has 3 heteroatoms. The van der Waals surface area contributed by atoms with E-state index in [0.717, 1.165) is 41.8 Å². The second kappa shape index (κ2) is 4.67. The highest BCUT2D eigenvalue weighted by molar-refractivity contribution is 5.97. The number of hydrogen-bond donors (Lipinski definition) is 1. The summed E-state index contributed by atoms with van der Waals surface area (Å²) in [6.45, 7) is 0. The lowest BCUT2D eigenvalue weighted by molar-refractivity contribution is -0.131. The van der Waals surface area contributed by atoms with Crippen molar-refractivity contribution in [3.8, 4) is 0 Å². The first-order chi connectivity index (χ1) is 11.2. The zero-order valence-corrected chi connectivity index (χ0v) is 13.1. The number of allylic oxidation sites excluding steroid dienone is 2. The average Bonchev–Trinajstić information content (AvgIpc) is 2.53. The van der Waals surface area contributed by atoms with Gasteiger partial charge in [-0.25, -0.2) is 0 Å². The number of hydrogen-bond acceptors (Lipinski definition) is 2. The zero-order chi connectivity index (χ0) is 15.4. The van der Waals surface area contributed by atoms with Crippen molar-refractivity contribution in [1.29, 1.82) is 0 Å². The third-order valence-corrected chi connectivity index (χ3v) is 5.90. The Morgan fingerprint density at radius 2 is 2.22 bits per heavy atom. The van der Waals surface area contributed by atoms with Crippen LogP contribution >= 0.6 is 0 Å². The fourth-order valence-corrected chi connectivity index (χ4v) is 5.18. The molecule has 0 spiro atoms. The van der Waals surface area contributed by atoms with Crippen molar-refractivity contribution in [2.24, 2.45) is 17.3 Å².